The van der Waals surface area contributed by atoms with Crippen LogP contribution >= 0.6 is 0 Å². The van der Waals surface area contributed by atoms with Gasteiger partial charge in [-0.3, -0.25) is 4.79 Å². The van der Waals surface area contributed by atoms with Gasteiger partial charge in [-0.15, -0.1) is 0 Å². The van der Waals surface area contributed by atoms with Gasteiger partial charge in [-0.2, -0.15) is 0 Å². The van der Waals surface area contributed by atoms with Crippen LogP contribution in [0, 0.1) is 5.92 Å². The summed E-state index contributed by atoms with van der Waals surface area (Å²) in [5, 5.41) is 2.79. The van der Waals surface area contributed by atoms with Crippen LogP contribution in [-0.2, 0) is 19.6 Å². The highest BCUT2D eigenvalue weighted by Crippen LogP contribution is 2.19. The van der Waals surface area contributed by atoms with Crippen molar-refractivity contribution in [3.8, 4) is 11.5 Å². The molecule has 0 spiro atoms. The molecule has 0 unspecified atom stereocenters. The number of carbonyl (C=O) groups excluding carboxylic acids is 1. The SMILES string of the molecule is COc1cccc(OCC(=O)N[C@H]2COC[C@H]2CS(=O)(=O)N(C)C)c1. The number of benzene rings is 1. The normalized spacial score (nSPS) is 20.5. The zero-order chi connectivity index (χ0) is 18.4. The maximum absolute atomic E-state index is 12.1. The molecule has 1 N–H and O–H groups in total. The van der Waals surface area contributed by atoms with E-state index < -0.39 is 10.0 Å². The van der Waals surface area contributed by atoms with E-state index in [0.717, 1.165) is 0 Å². The van der Waals surface area contributed by atoms with Crippen LogP contribution < -0.4 is 14.8 Å². The molecular formula is C16H24N2O6S. The number of ether oxygens (including phenoxy) is 3. The minimum atomic E-state index is -3.36. The third-order valence-corrected chi connectivity index (χ3v) is 5.90. The van der Waals surface area contributed by atoms with E-state index >= 15 is 0 Å². The third kappa shape index (κ3) is 5.58. The highest BCUT2D eigenvalue weighted by molar-refractivity contribution is 7.89. The quantitative estimate of drug-likeness (QED) is 0.695. The van der Waals surface area contributed by atoms with Crippen LogP contribution in [0.15, 0.2) is 24.3 Å². The van der Waals surface area contributed by atoms with Crippen molar-refractivity contribution < 1.29 is 27.4 Å². The summed E-state index contributed by atoms with van der Waals surface area (Å²) in [6.45, 7) is 0.421. The molecule has 2 atom stereocenters. The number of sulfonamides is 1. The summed E-state index contributed by atoms with van der Waals surface area (Å²) >= 11 is 0. The molecule has 1 amide bonds. The molecule has 0 aliphatic carbocycles. The standard InChI is InChI=1S/C16H24N2O6S/c1-18(2)25(20,21)11-12-8-23-9-15(12)17-16(19)10-24-14-6-4-5-13(7-14)22-3/h4-7,12,15H,8-11H2,1-3H3,(H,17,19)/t12-,15-/m0/s1. The van der Waals surface area contributed by atoms with E-state index in [1.54, 1.807) is 31.4 Å². The largest absolute Gasteiger partial charge is 0.497 e. The molecule has 140 valence electrons. The molecule has 2 rings (SSSR count). The van der Waals surface area contributed by atoms with E-state index in [4.69, 9.17) is 14.2 Å². The summed E-state index contributed by atoms with van der Waals surface area (Å²) < 4.78 is 41.1. The minimum Gasteiger partial charge on any atom is -0.497 e. The third-order valence-electron chi connectivity index (χ3n) is 3.94. The number of amides is 1. The first kappa shape index (κ1) is 19.5. The molecule has 1 aromatic carbocycles. The molecule has 1 aliphatic heterocycles. The summed E-state index contributed by atoms with van der Waals surface area (Å²) in [7, 11) is 1.17. The summed E-state index contributed by atoms with van der Waals surface area (Å²) in [5.41, 5.74) is 0. The number of methoxy groups -OCH3 is 1. The molecule has 1 heterocycles. The molecular weight excluding hydrogens is 348 g/mol. The Hall–Kier alpha value is -1.84. The van der Waals surface area contributed by atoms with Crippen molar-refractivity contribution >= 4 is 15.9 Å². The maximum Gasteiger partial charge on any atom is 0.258 e. The first-order chi connectivity index (χ1) is 11.8. The van der Waals surface area contributed by atoms with Gasteiger partial charge in [0.1, 0.15) is 11.5 Å². The summed E-state index contributed by atoms with van der Waals surface area (Å²) in [6.07, 6.45) is 0. The second-order valence-electron chi connectivity index (χ2n) is 6.00. The molecule has 0 bridgehead atoms. The Balaban J connectivity index is 1.86. The van der Waals surface area contributed by atoms with Crippen LogP contribution in [0.4, 0.5) is 0 Å². The number of rotatable bonds is 8. The fourth-order valence-corrected chi connectivity index (χ4v) is 3.60. The highest BCUT2D eigenvalue weighted by Gasteiger charge is 2.34. The van der Waals surface area contributed by atoms with Gasteiger partial charge in [-0.1, -0.05) is 6.07 Å². The topological polar surface area (TPSA) is 94.2 Å². The predicted octanol–water partition coefficient (Wildman–Crippen LogP) is 0.0966. The highest BCUT2D eigenvalue weighted by atomic mass is 32.2. The van der Waals surface area contributed by atoms with E-state index in [1.807, 2.05) is 0 Å². The Bertz CT molecular complexity index is 692. The Morgan fingerprint density at radius 1 is 1.32 bits per heavy atom. The van der Waals surface area contributed by atoms with Crippen LogP contribution in [0.25, 0.3) is 0 Å². The van der Waals surface area contributed by atoms with Crippen molar-refractivity contribution in [2.75, 3.05) is 46.8 Å². The first-order valence-corrected chi connectivity index (χ1v) is 9.47. The fourth-order valence-electron chi connectivity index (χ4n) is 2.43. The van der Waals surface area contributed by atoms with Gasteiger partial charge < -0.3 is 19.5 Å². The van der Waals surface area contributed by atoms with E-state index in [1.165, 1.54) is 18.4 Å². The Morgan fingerprint density at radius 3 is 2.72 bits per heavy atom. The van der Waals surface area contributed by atoms with Crippen LogP contribution in [0.3, 0.4) is 0 Å². The minimum absolute atomic E-state index is 0.0678. The lowest BCUT2D eigenvalue weighted by Crippen LogP contribution is -2.45. The van der Waals surface area contributed by atoms with E-state index in [2.05, 4.69) is 5.32 Å². The van der Waals surface area contributed by atoms with Crippen molar-refractivity contribution in [3.05, 3.63) is 24.3 Å². The molecule has 25 heavy (non-hydrogen) atoms. The smallest absolute Gasteiger partial charge is 0.258 e. The van der Waals surface area contributed by atoms with E-state index in [-0.39, 0.29) is 30.2 Å². The van der Waals surface area contributed by atoms with Gasteiger partial charge in [0.2, 0.25) is 10.0 Å². The van der Waals surface area contributed by atoms with Crippen LogP contribution in [0.2, 0.25) is 0 Å². The Morgan fingerprint density at radius 2 is 2.04 bits per heavy atom. The van der Waals surface area contributed by atoms with Crippen molar-refractivity contribution in [1.29, 1.82) is 0 Å². The lowest BCUT2D eigenvalue weighted by Gasteiger charge is -2.21. The number of nitrogens with zero attached hydrogens (tertiary/aromatic N) is 1. The molecule has 9 heteroatoms. The van der Waals surface area contributed by atoms with Gasteiger partial charge in [-0.05, 0) is 12.1 Å². The molecule has 1 fully saturated rings. The van der Waals surface area contributed by atoms with Gasteiger partial charge in [-0.25, -0.2) is 12.7 Å². The van der Waals surface area contributed by atoms with Gasteiger partial charge in [0.25, 0.3) is 5.91 Å². The molecule has 0 aromatic heterocycles. The molecule has 1 aliphatic rings. The summed E-state index contributed by atoms with van der Waals surface area (Å²) in [6, 6.07) is 6.59. The first-order valence-electron chi connectivity index (χ1n) is 7.86. The molecule has 0 radical (unpaired) electrons. The second kappa shape index (κ2) is 8.50. The predicted molar refractivity (Wildman–Crippen MR) is 92.2 cm³/mol. The summed E-state index contributed by atoms with van der Waals surface area (Å²) in [5.74, 6) is 0.473. The lowest BCUT2D eigenvalue weighted by molar-refractivity contribution is -0.124. The van der Waals surface area contributed by atoms with Crippen LogP contribution in [-0.4, -0.2) is 71.5 Å². The fraction of sp³-hybridized carbons (Fsp3) is 0.562. The Labute approximate surface area is 148 Å². The molecule has 1 aromatic rings. The summed E-state index contributed by atoms with van der Waals surface area (Å²) in [4.78, 5) is 12.1. The number of carbonyl (C=O) groups is 1. The van der Waals surface area contributed by atoms with Crippen molar-refractivity contribution in [2.24, 2.45) is 5.92 Å². The molecule has 0 saturated carbocycles. The van der Waals surface area contributed by atoms with Crippen molar-refractivity contribution in [2.45, 2.75) is 6.04 Å². The van der Waals surface area contributed by atoms with E-state index in [9.17, 15) is 13.2 Å². The monoisotopic (exact) mass is 372 g/mol. The Kier molecular flexibility index (Phi) is 6.63. The number of nitrogens with one attached hydrogen (secondary N) is 1. The van der Waals surface area contributed by atoms with Crippen molar-refractivity contribution in [1.82, 2.24) is 9.62 Å². The average Bonchev–Trinajstić information content (AvgIpc) is 2.99. The lowest BCUT2D eigenvalue weighted by atomic mass is 10.1. The van der Waals surface area contributed by atoms with Crippen molar-refractivity contribution in [3.63, 3.8) is 0 Å². The van der Waals surface area contributed by atoms with Gasteiger partial charge in [0, 0.05) is 26.1 Å². The van der Waals surface area contributed by atoms with Gasteiger partial charge in [0.05, 0.1) is 32.1 Å². The zero-order valence-electron chi connectivity index (χ0n) is 14.6. The molecule has 8 nitrogen and oxygen atoms in total. The zero-order valence-corrected chi connectivity index (χ0v) is 15.4. The maximum atomic E-state index is 12.1. The van der Waals surface area contributed by atoms with Crippen LogP contribution in [0.1, 0.15) is 0 Å². The van der Waals surface area contributed by atoms with Gasteiger partial charge in [0.15, 0.2) is 6.61 Å². The van der Waals surface area contributed by atoms with Crippen LogP contribution in [0.5, 0.6) is 11.5 Å². The van der Waals surface area contributed by atoms with Gasteiger partial charge >= 0.3 is 0 Å². The second-order valence-corrected chi connectivity index (χ2v) is 8.23. The van der Waals surface area contributed by atoms with E-state index in [0.29, 0.717) is 24.7 Å². The number of hydrogen-bond acceptors (Lipinski definition) is 6. The number of hydrogen-bond donors (Lipinski definition) is 1. The average molecular weight is 372 g/mol. The molecule has 1 saturated heterocycles.